The van der Waals surface area contributed by atoms with Gasteiger partial charge in [-0.1, -0.05) is 6.07 Å². The van der Waals surface area contributed by atoms with Gasteiger partial charge in [0.2, 0.25) is 0 Å². The Morgan fingerprint density at radius 2 is 1.94 bits per heavy atom. The Balaban J connectivity index is 1.64. The highest BCUT2D eigenvalue weighted by molar-refractivity contribution is 5.98. The van der Waals surface area contributed by atoms with Crippen molar-refractivity contribution in [2.75, 3.05) is 19.5 Å². The molecule has 0 fully saturated rings. The maximum atomic E-state index is 14.0. The molecule has 4 rings (SSSR count). The second-order valence-electron chi connectivity index (χ2n) is 8.02. The fourth-order valence-corrected chi connectivity index (χ4v) is 4.01. The van der Waals surface area contributed by atoms with Crippen LogP contribution in [0.1, 0.15) is 45.7 Å². The van der Waals surface area contributed by atoms with Crippen LogP contribution in [0.25, 0.3) is 0 Å². The molecule has 0 radical (unpaired) electrons. The van der Waals surface area contributed by atoms with Gasteiger partial charge in [-0.3, -0.25) is 9.48 Å². The van der Waals surface area contributed by atoms with Crippen molar-refractivity contribution < 1.29 is 27.4 Å². The molecule has 34 heavy (non-hydrogen) atoms. The minimum absolute atomic E-state index is 0.00812. The smallest absolute Gasteiger partial charge is 0.410 e. The van der Waals surface area contributed by atoms with Gasteiger partial charge in [-0.05, 0) is 24.6 Å². The molecule has 0 spiro atoms. The van der Waals surface area contributed by atoms with Crippen LogP contribution in [0.3, 0.4) is 0 Å². The molecule has 1 aliphatic heterocycles. The molecule has 3 heterocycles. The SMILES string of the molecule is COc1ccc(C2CC(C(F)(F)F)n3ncc(C(=O)NCc4cnn(C)c4C)c3N2)cc1OC. The predicted octanol–water partition coefficient (Wildman–Crippen LogP) is 3.53. The van der Waals surface area contributed by atoms with Gasteiger partial charge in [0.05, 0.1) is 32.7 Å². The highest BCUT2D eigenvalue weighted by atomic mass is 19.4. The summed E-state index contributed by atoms with van der Waals surface area (Å²) < 4.78 is 54.9. The number of nitrogens with zero attached hydrogens (tertiary/aromatic N) is 4. The first-order valence-corrected chi connectivity index (χ1v) is 10.5. The van der Waals surface area contributed by atoms with Crippen molar-refractivity contribution in [1.82, 2.24) is 24.9 Å². The Morgan fingerprint density at radius 1 is 1.21 bits per heavy atom. The summed E-state index contributed by atoms with van der Waals surface area (Å²) in [5, 5.41) is 13.8. The van der Waals surface area contributed by atoms with Gasteiger partial charge in [-0.2, -0.15) is 23.4 Å². The number of benzene rings is 1. The van der Waals surface area contributed by atoms with E-state index in [1.807, 2.05) is 6.92 Å². The number of rotatable bonds is 6. The van der Waals surface area contributed by atoms with E-state index < -0.39 is 24.2 Å². The summed E-state index contributed by atoms with van der Waals surface area (Å²) in [4.78, 5) is 12.9. The molecule has 2 N–H and O–H groups in total. The lowest BCUT2D eigenvalue weighted by atomic mass is 9.96. The number of methoxy groups -OCH3 is 2. The number of nitrogens with one attached hydrogen (secondary N) is 2. The van der Waals surface area contributed by atoms with Crippen LogP contribution in [0.5, 0.6) is 11.5 Å². The van der Waals surface area contributed by atoms with E-state index in [-0.39, 0.29) is 24.3 Å². The number of aromatic nitrogens is 4. The molecular formula is C22H25F3N6O3. The van der Waals surface area contributed by atoms with E-state index in [0.717, 1.165) is 22.1 Å². The summed E-state index contributed by atoms with van der Waals surface area (Å²) in [5.74, 6) is 0.333. The van der Waals surface area contributed by atoms with Gasteiger partial charge >= 0.3 is 6.18 Å². The number of anilines is 1. The molecule has 3 aromatic rings. The van der Waals surface area contributed by atoms with E-state index in [1.165, 1.54) is 14.2 Å². The highest BCUT2D eigenvalue weighted by Gasteiger charge is 2.47. The molecule has 1 aliphatic rings. The topological polar surface area (TPSA) is 95.2 Å². The van der Waals surface area contributed by atoms with Gasteiger partial charge in [0.25, 0.3) is 5.91 Å². The van der Waals surface area contributed by atoms with Crippen molar-refractivity contribution in [3.8, 4) is 11.5 Å². The number of halogens is 3. The molecular weight excluding hydrogens is 453 g/mol. The molecule has 1 aromatic carbocycles. The number of fused-ring (bicyclic) bond motifs is 1. The van der Waals surface area contributed by atoms with Gasteiger partial charge in [-0.15, -0.1) is 0 Å². The number of amides is 1. The Kier molecular flexibility index (Phi) is 6.15. The van der Waals surface area contributed by atoms with Gasteiger partial charge in [0.1, 0.15) is 11.4 Å². The van der Waals surface area contributed by atoms with E-state index in [0.29, 0.717) is 17.1 Å². The quantitative estimate of drug-likeness (QED) is 0.563. The summed E-state index contributed by atoms with van der Waals surface area (Å²) in [6.45, 7) is 2.05. The van der Waals surface area contributed by atoms with Crippen molar-refractivity contribution in [2.45, 2.75) is 38.1 Å². The average Bonchev–Trinajstić information content (AvgIpc) is 3.38. The minimum Gasteiger partial charge on any atom is -0.493 e. The normalized spacial score (nSPS) is 17.6. The molecule has 0 bridgehead atoms. The van der Waals surface area contributed by atoms with Gasteiger partial charge in [0.15, 0.2) is 17.5 Å². The van der Waals surface area contributed by atoms with E-state index in [4.69, 9.17) is 9.47 Å². The fraction of sp³-hybridized carbons (Fsp3) is 0.409. The summed E-state index contributed by atoms with van der Waals surface area (Å²) in [5.41, 5.74) is 2.28. The summed E-state index contributed by atoms with van der Waals surface area (Å²) in [6.07, 6.45) is -2.07. The molecule has 2 aromatic heterocycles. The van der Waals surface area contributed by atoms with Gasteiger partial charge in [0, 0.05) is 31.3 Å². The van der Waals surface area contributed by atoms with Crippen LogP contribution in [0.4, 0.5) is 19.0 Å². The van der Waals surface area contributed by atoms with E-state index in [2.05, 4.69) is 20.8 Å². The third-order valence-electron chi connectivity index (χ3n) is 6.07. The zero-order valence-corrected chi connectivity index (χ0v) is 19.1. The fourth-order valence-electron chi connectivity index (χ4n) is 4.01. The van der Waals surface area contributed by atoms with Crippen LogP contribution in [0.2, 0.25) is 0 Å². The van der Waals surface area contributed by atoms with Crippen LogP contribution >= 0.6 is 0 Å². The van der Waals surface area contributed by atoms with Gasteiger partial charge < -0.3 is 20.1 Å². The third-order valence-corrected chi connectivity index (χ3v) is 6.07. The molecule has 0 aliphatic carbocycles. The van der Waals surface area contributed by atoms with E-state index in [1.54, 1.807) is 36.1 Å². The van der Waals surface area contributed by atoms with Crippen molar-refractivity contribution >= 4 is 11.7 Å². The molecule has 182 valence electrons. The first kappa shape index (κ1) is 23.5. The monoisotopic (exact) mass is 478 g/mol. The molecule has 2 unspecified atom stereocenters. The van der Waals surface area contributed by atoms with Crippen molar-refractivity contribution in [3.63, 3.8) is 0 Å². The number of alkyl halides is 3. The van der Waals surface area contributed by atoms with Crippen molar-refractivity contribution in [3.05, 3.63) is 53.0 Å². The van der Waals surface area contributed by atoms with Crippen LogP contribution < -0.4 is 20.1 Å². The maximum absolute atomic E-state index is 14.0. The van der Waals surface area contributed by atoms with Crippen molar-refractivity contribution in [2.24, 2.45) is 7.05 Å². The third kappa shape index (κ3) is 4.27. The van der Waals surface area contributed by atoms with Crippen LogP contribution in [0.15, 0.2) is 30.6 Å². The molecule has 2 atom stereocenters. The van der Waals surface area contributed by atoms with Gasteiger partial charge in [-0.25, -0.2) is 4.68 Å². The zero-order valence-electron chi connectivity index (χ0n) is 19.1. The highest BCUT2D eigenvalue weighted by Crippen LogP contribution is 2.45. The number of carbonyl (C=O) groups excluding carboxylic acids is 1. The zero-order chi connectivity index (χ0) is 24.6. The first-order valence-electron chi connectivity index (χ1n) is 10.5. The second kappa shape index (κ2) is 8.92. The van der Waals surface area contributed by atoms with E-state index >= 15 is 0 Å². The summed E-state index contributed by atoms with van der Waals surface area (Å²) in [7, 11) is 4.72. The Bertz CT molecular complexity index is 1200. The Hall–Kier alpha value is -3.70. The number of aryl methyl sites for hydroxylation is 1. The summed E-state index contributed by atoms with van der Waals surface area (Å²) in [6, 6.07) is 2.30. The first-order chi connectivity index (χ1) is 16.1. The van der Waals surface area contributed by atoms with Crippen LogP contribution in [-0.2, 0) is 13.6 Å². The number of ether oxygens (including phenoxy) is 2. The van der Waals surface area contributed by atoms with Crippen LogP contribution in [0, 0.1) is 6.92 Å². The lowest BCUT2D eigenvalue weighted by Crippen LogP contribution is -2.36. The lowest BCUT2D eigenvalue weighted by Gasteiger charge is -2.34. The molecule has 0 saturated heterocycles. The van der Waals surface area contributed by atoms with Crippen molar-refractivity contribution in [1.29, 1.82) is 0 Å². The molecule has 9 nitrogen and oxygen atoms in total. The Morgan fingerprint density at radius 3 is 2.56 bits per heavy atom. The number of hydrogen-bond acceptors (Lipinski definition) is 6. The Labute approximate surface area is 193 Å². The lowest BCUT2D eigenvalue weighted by molar-refractivity contribution is -0.173. The molecule has 12 heteroatoms. The molecule has 1 amide bonds. The average molecular weight is 478 g/mol. The van der Waals surface area contributed by atoms with E-state index in [9.17, 15) is 18.0 Å². The molecule has 0 saturated carbocycles. The number of hydrogen-bond donors (Lipinski definition) is 2. The number of carbonyl (C=O) groups is 1. The second-order valence-corrected chi connectivity index (χ2v) is 8.02. The largest absolute Gasteiger partial charge is 0.493 e. The summed E-state index contributed by atoms with van der Waals surface area (Å²) >= 11 is 0. The maximum Gasteiger partial charge on any atom is 0.410 e. The van der Waals surface area contributed by atoms with Crippen LogP contribution in [-0.4, -0.2) is 45.9 Å². The minimum atomic E-state index is -4.56. The predicted molar refractivity (Wildman–Crippen MR) is 117 cm³/mol. The standard InChI is InChI=1S/C22H25F3N6O3/c1-12-14(10-27-30(12)2)9-26-21(32)15-11-28-31-19(22(23,24)25)8-16(29-20(15)31)13-5-6-17(33-3)18(7-13)34-4/h5-7,10-11,16,19,29H,8-9H2,1-4H3,(H,26,32).